The van der Waals surface area contributed by atoms with Gasteiger partial charge in [-0.05, 0) is 36.1 Å². The van der Waals surface area contributed by atoms with Crippen LogP contribution in [0.3, 0.4) is 0 Å². The van der Waals surface area contributed by atoms with E-state index in [9.17, 15) is 4.79 Å². The Hall–Kier alpha value is -0.830. The Labute approximate surface area is 107 Å². The first-order valence-electron chi connectivity index (χ1n) is 6.63. The molecule has 2 atom stereocenters. The summed E-state index contributed by atoms with van der Waals surface area (Å²) in [7, 11) is 0. The minimum Gasteiger partial charge on any atom is -0.342 e. The van der Waals surface area contributed by atoms with Crippen molar-refractivity contribution in [2.75, 3.05) is 13.1 Å². The van der Waals surface area contributed by atoms with Crippen LogP contribution in [0.4, 0.5) is 0 Å². The van der Waals surface area contributed by atoms with Gasteiger partial charge in [-0.25, -0.2) is 0 Å². The predicted molar refractivity (Wildman–Crippen MR) is 70.1 cm³/mol. The number of nitrogens with zero attached hydrogens (tertiary/aromatic N) is 1. The molecular formula is C14H19NOS. The molecule has 3 rings (SSSR count). The molecule has 2 nitrogen and oxygen atoms in total. The standard InChI is InChI=1S/C14H19NOS/c16-14(8-13-6-3-7-17-13)15-9-11-4-1-2-5-12(11)10-15/h3,6-7,11-12H,1-2,4-5,8-10H2. The van der Waals surface area contributed by atoms with E-state index < -0.39 is 0 Å². The van der Waals surface area contributed by atoms with E-state index in [2.05, 4.69) is 11.0 Å². The highest BCUT2D eigenvalue weighted by Crippen LogP contribution is 2.36. The molecule has 1 aliphatic carbocycles. The highest BCUT2D eigenvalue weighted by atomic mass is 32.1. The van der Waals surface area contributed by atoms with Crippen molar-refractivity contribution in [2.45, 2.75) is 32.1 Å². The summed E-state index contributed by atoms with van der Waals surface area (Å²) in [4.78, 5) is 15.5. The van der Waals surface area contributed by atoms with Crippen molar-refractivity contribution in [3.63, 3.8) is 0 Å². The summed E-state index contributed by atoms with van der Waals surface area (Å²) >= 11 is 1.69. The van der Waals surface area contributed by atoms with Gasteiger partial charge >= 0.3 is 0 Å². The molecule has 2 unspecified atom stereocenters. The number of fused-ring (bicyclic) bond motifs is 1. The van der Waals surface area contributed by atoms with Crippen LogP contribution in [-0.4, -0.2) is 23.9 Å². The Morgan fingerprint density at radius 1 is 1.29 bits per heavy atom. The average molecular weight is 249 g/mol. The van der Waals surface area contributed by atoms with Crippen molar-refractivity contribution >= 4 is 17.2 Å². The summed E-state index contributed by atoms with van der Waals surface area (Å²) in [6.07, 6.45) is 6.03. The largest absolute Gasteiger partial charge is 0.342 e. The van der Waals surface area contributed by atoms with Crippen LogP contribution < -0.4 is 0 Å². The van der Waals surface area contributed by atoms with Gasteiger partial charge in [-0.1, -0.05) is 18.9 Å². The van der Waals surface area contributed by atoms with E-state index in [4.69, 9.17) is 0 Å². The molecule has 1 saturated carbocycles. The second-order valence-corrected chi connectivity index (χ2v) is 6.39. The monoisotopic (exact) mass is 249 g/mol. The fourth-order valence-corrected chi connectivity index (χ4v) is 3.98. The number of rotatable bonds is 2. The molecule has 0 bridgehead atoms. The Morgan fingerprint density at radius 3 is 2.59 bits per heavy atom. The van der Waals surface area contributed by atoms with Crippen molar-refractivity contribution in [3.8, 4) is 0 Å². The maximum absolute atomic E-state index is 12.2. The van der Waals surface area contributed by atoms with Gasteiger partial charge in [0.05, 0.1) is 6.42 Å². The van der Waals surface area contributed by atoms with Gasteiger partial charge in [-0.15, -0.1) is 11.3 Å². The lowest BCUT2D eigenvalue weighted by molar-refractivity contribution is -0.129. The van der Waals surface area contributed by atoms with Crippen LogP contribution in [0.15, 0.2) is 17.5 Å². The van der Waals surface area contributed by atoms with E-state index in [1.165, 1.54) is 30.6 Å². The normalized spacial score (nSPS) is 28.1. The van der Waals surface area contributed by atoms with Crippen LogP contribution in [0.5, 0.6) is 0 Å². The molecule has 1 aromatic heterocycles. The third-order valence-electron chi connectivity index (χ3n) is 4.23. The number of thiophene rings is 1. The third-order valence-corrected chi connectivity index (χ3v) is 5.11. The van der Waals surface area contributed by atoms with E-state index in [1.807, 2.05) is 11.4 Å². The van der Waals surface area contributed by atoms with Crippen LogP contribution in [0.1, 0.15) is 30.6 Å². The maximum Gasteiger partial charge on any atom is 0.227 e. The lowest BCUT2D eigenvalue weighted by Crippen LogP contribution is -2.30. The fraction of sp³-hybridized carbons (Fsp3) is 0.643. The highest BCUT2D eigenvalue weighted by Gasteiger charge is 2.36. The first-order valence-corrected chi connectivity index (χ1v) is 7.51. The Bertz CT molecular complexity index is 373. The topological polar surface area (TPSA) is 20.3 Å². The van der Waals surface area contributed by atoms with Crippen LogP contribution in [0.2, 0.25) is 0 Å². The van der Waals surface area contributed by atoms with Crippen molar-refractivity contribution in [2.24, 2.45) is 11.8 Å². The number of hydrogen-bond acceptors (Lipinski definition) is 2. The summed E-state index contributed by atoms with van der Waals surface area (Å²) in [5.41, 5.74) is 0. The zero-order chi connectivity index (χ0) is 11.7. The Balaban J connectivity index is 1.60. The van der Waals surface area contributed by atoms with E-state index >= 15 is 0 Å². The summed E-state index contributed by atoms with van der Waals surface area (Å²) < 4.78 is 0. The van der Waals surface area contributed by atoms with Crippen molar-refractivity contribution in [3.05, 3.63) is 22.4 Å². The van der Waals surface area contributed by atoms with Crippen LogP contribution in [0, 0.1) is 11.8 Å². The smallest absolute Gasteiger partial charge is 0.227 e. The maximum atomic E-state index is 12.2. The van der Waals surface area contributed by atoms with Gasteiger partial charge in [0.2, 0.25) is 5.91 Å². The van der Waals surface area contributed by atoms with Gasteiger partial charge < -0.3 is 4.90 Å². The highest BCUT2D eigenvalue weighted by molar-refractivity contribution is 7.10. The van der Waals surface area contributed by atoms with Crippen LogP contribution in [-0.2, 0) is 11.2 Å². The summed E-state index contributed by atoms with van der Waals surface area (Å²) in [5.74, 6) is 1.94. The van der Waals surface area contributed by atoms with Crippen molar-refractivity contribution in [1.82, 2.24) is 4.90 Å². The lowest BCUT2D eigenvalue weighted by atomic mass is 9.82. The van der Waals surface area contributed by atoms with Gasteiger partial charge in [0.15, 0.2) is 0 Å². The first kappa shape index (κ1) is 11.3. The first-order chi connectivity index (χ1) is 8.33. The predicted octanol–water partition coefficient (Wildman–Crippen LogP) is 2.94. The van der Waals surface area contributed by atoms with Crippen LogP contribution in [0.25, 0.3) is 0 Å². The molecule has 2 heterocycles. The van der Waals surface area contributed by atoms with E-state index in [-0.39, 0.29) is 0 Å². The molecule has 0 spiro atoms. The van der Waals surface area contributed by atoms with Gasteiger partial charge in [0, 0.05) is 18.0 Å². The number of likely N-dealkylation sites (tertiary alicyclic amines) is 1. The van der Waals surface area contributed by atoms with E-state index in [1.54, 1.807) is 11.3 Å². The molecule has 0 radical (unpaired) electrons. The molecular weight excluding hydrogens is 230 g/mol. The molecule has 0 N–H and O–H groups in total. The van der Waals surface area contributed by atoms with Crippen molar-refractivity contribution < 1.29 is 4.79 Å². The lowest BCUT2D eigenvalue weighted by Gasteiger charge is -2.22. The summed E-state index contributed by atoms with van der Waals surface area (Å²) in [5, 5.41) is 2.05. The zero-order valence-electron chi connectivity index (χ0n) is 10.1. The van der Waals surface area contributed by atoms with Gasteiger partial charge in [-0.3, -0.25) is 4.79 Å². The molecule has 92 valence electrons. The molecule has 1 amide bonds. The Kier molecular flexibility index (Phi) is 3.19. The molecule has 1 aliphatic heterocycles. The fourth-order valence-electron chi connectivity index (χ4n) is 3.28. The minimum absolute atomic E-state index is 0.335. The molecule has 17 heavy (non-hydrogen) atoms. The summed E-state index contributed by atoms with van der Waals surface area (Å²) in [6, 6.07) is 4.09. The average Bonchev–Trinajstić information content (AvgIpc) is 2.96. The van der Waals surface area contributed by atoms with Gasteiger partial charge in [0.25, 0.3) is 0 Å². The van der Waals surface area contributed by atoms with Gasteiger partial charge in [0.1, 0.15) is 0 Å². The minimum atomic E-state index is 0.335. The summed E-state index contributed by atoms with van der Waals surface area (Å²) in [6.45, 7) is 2.05. The second kappa shape index (κ2) is 4.81. The second-order valence-electron chi connectivity index (χ2n) is 5.36. The SMILES string of the molecule is O=C(Cc1cccs1)N1CC2CCCCC2C1. The number of hydrogen-bond donors (Lipinski definition) is 0. The third kappa shape index (κ3) is 2.39. The molecule has 0 aromatic carbocycles. The number of amides is 1. The zero-order valence-corrected chi connectivity index (χ0v) is 10.9. The molecule has 3 heteroatoms. The molecule has 2 aliphatic rings. The van der Waals surface area contributed by atoms with Gasteiger partial charge in [-0.2, -0.15) is 0 Å². The van der Waals surface area contributed by atoms with E-state index in [0.29, 0.717) is 12.3 Å². The van der Waals surface area contributed by atoms with Crippen LogP contribution >= 0.6 is 11.3 Å². The molecule has 1 saturated heterocycles. The number of carbonyl (C=O) groups is 1. The Morgan fingerprint density at radius 2 is 2.00 bits per heavy atom. The quantitative estimate of drug-likeness (QED) is 0.789. The van der Waals surface area contributed by atoms with Crippen molar-refractivity contribution in [1.29, 1.82) is 0 Å². The van der Waals surface area contributed by atoms with E-state index in [0.717, 1.165) is 24.9 Å². The number of carbonyl (C=O) groups excluding carboxylic acids is 1. The molecule has 1 aromatic rings. The molecule has 2 fully saturated rings.